The Morgan fingerprint density at radius 3 is 3.00 bits per heavy atom. The summed E-state index contributed by atoms with van der Waals surface area (Å²) >= 11 is 1.54. The highest BCUT2D eigenvalue weighted by Crippen LogP contribution is 2.13. The van der Waals surface area contributed by atoms with E-state index in [1.165, 1.54) is 0 Å². The SMILES string of the molecule is O=C(Cc1cn2ccsc2n1)Nc1ccc(-n2cccn2)nc1. The minimum absolute atomic E-state index is 0.121. The van der Waals surface area contributed by atoms with Crippen LogP contribution in [0, 0.1) is 0 Å². The number of aromatic nitrogens is 5. The molecule has 0 aliphatic heterocycles. The van der Waals surface area contributed by atoms with E-state index in [0.717, 1.165) is 10.7 Å². The van der Waals surface area contributed by atoms with Crippen molar-refractivity contribution in [2.75, 3.05) is 5.32 Å². The van der Waals surface area contributed by atoms with Crippen molar-refractivity contribution >= 4 is 27.9 Å². The van der Waals surface area contributed by atoms with Gasteiger partial charge >= 0.3 is 0 Å². The highest BCUT2D eigenvalue weighted by Gasteiger charge is 2.09. The quantitative estimate of drug-likeness (QED) is 0.624. The molecule has 4 aromatic rings. The molecule has 0 saturated heterocycles. The minimum atomic E-state index is -0.121. The van der Waals surface area contributed by atoms with Crippen LogP contribution in [0.4, 0.5) is 5.69 Å². The number of carbonyl (C=O) groups excluding carboxylic acids is 1. The number of thiazole rings is 1. The fourth-order valence-electron chi connectivity index (χ4n) is 2.23. The molecule has 0 unspecified atom stereocenters. The summed E-state index contributed by atoms with van der Waals surface area (Å²) in [6.45, 7) is 0. The van der Waals surface area contributed by atoms with E-state index >= 15 is 0 Å². The van der Waals surface area contributed by atoms with E-state index in [-0.39, 0.29) is 12.3 Å². The Hall–Kier alpha value is -3.00. The van der Waals surface area contributed by atoms with Gasteiger partial charge in [0, 0.05) is 30.2 Å². The third kappa shape index (κ3) is 2.84. The zero-order chi connectivity index (χ0) is 15.6. The molecule has 0 aliphatic carbocycles. The van der Waals surface area contributed by atoms with Crippen LogP contribution in [0.15, 0.2) is 54.6 Å². The fourth-order valence-corrected chi connectivity index (χ4v) is 2.95. The fraction of sp³-hybridized carbons (Fsp3) is 0.0667. The highest BCUT2D eigenvalue weighted by atomic mass is 32.1. The van der Waals surface area contributed by atoms with Crippen LogP contribution in [-0.4, -0.2) is 30.1 Å². The number of rotatable bonds is 4. The Balaban J connectivity index is 1.43. The smallest absolute Gasteiger partial charge is 0.230 e. The molecule has 0 aromatic carbocycles. The number of nitrogens with zero attached hydrogens (tertiary/aromatic N) is 5. The molecular weight excluding hydrogens is 312 g/mol. The number of imidazole rings is 1. The van der Waals surface area contributed by atoms with Crippen LogP contribution in [0.2, 0.25) is 0 Å². The van der Waals surface area contributed by atoms with Crippen molar-refractivity contribution in [1.29, 1.82) is 0 Å². The van der Waals surface area contributed by atoms with Gasteiger partial charge in [0.05, 0.1) is 24.0 Å². The maximum Gasteiger partial charge on any atom is 0.230 e. The van der Waals surface area contributed by atoms with Crippen molar-refractivity contribution in [1.82, 2.24) is 24.1 Å². The second-order valence-electron chi connectivity index (χ2n) is 4.91. The molecule has 1 amide bonds. The molecule has 23 heavy (non-hydrogen) atoms. The van der Waals surface area contributed by atoms with Gasteiger partial charge in [0.1, 0.15) is 0 Å². The third-order valence-electron chi connectivity index (χ3n) is 3.26. The van der Waals surface area contributed by atoms with Crippen LogP contribution in [-0.2, 0) is 11.2 Å². The summed E-state index contributed by atoms with van der Waals surface area (Å²) in [7, 11) is 0. The number of nitrogens with one attached hydrogen (secondary N) is 1. The van der Waals surface area contributed by atoms with Gasteiger partial charge in [0.2, 0.25) is 5.91 Å². The van der Waals surface area contributed by atoms with Crippen LogP contribution < -0.4 is 5.32 Å². The Bertz CT molecular complexity index is 910. The van der Waals surface area contributed by atoms with Gasteiger partial charge in [-0.05, 0) is 18.2 Å². The van der Waals surface area contributed by atoms with Gasteiger partial charge < -0.3 is 5.32 Å². The molecule has 0 bridgehead atoms. The molecule has 4 rings (SSSR count). The Labute approximate surface area is 135 Å². The molecular formula is C15H12N6OS. The topological polar surface area (TPSA) is 77.1 Å². The lowest BCUT2D eigenvalue weighted by Crippen LogP contribution is -2.15. The van der Waals surface area contributed by atoms with Crippen LogP contribution in [0.5, 0.6) is 0 Å². The number of amides is 1. The maximum absolute atomic E-state index is 12.1. The van der Waals surface area contributed by atoms with Gasteiger partial charge in [-0.3, -0.25) is 9.20 Å². The average Bonchev–Trinajstić information content (AvgIpc) is 3.24. The summed E-state index contributed by atoms with van der Waals surface area (Å²) in [4.78, 5) is 21.6. The van der Waals surface area contributed by atoms with Crippen molar-refractivity contribution < 1.29 is 4.79 Å². The Morgan fingerprint density at radius 2 is 2.26 bits per heavy atom. The van der Waals surface area contributed by atoms with Crippen LogP contribution in [0.25, 0.3) is 10.8 Å². The van der Waals surface area contributed by atoms with Crippen molar-refractivity contribution in [3.8, 4) is 5.82 Å². The van der Waals surface area contributed by atoms with Gasteiger partial charge in [-0.1, -0.05) is 0 Å². The number of carbonyl (C=O) groups is 1. The lowest BCUT2D eigenvalue weighted by Gasteiger charge is -2.05. The van der Waals surface area contributed by atoms with Gasteiger partial charge in [-0.15, -0.1) is 11.3 Å². The molecule has 0 atom stereocenters. The largest absolute Gasteiger partial charge is 0.324 e. The molecule has 0 radical (unpaired) electrons. The van der Waals surface area contributed by atoms with E-state index in [1.807, 2.05) is 34.4 Å². The molecule has 4 aromatic heterocycles. The van der Waals surface area contributed by atoms with Gasteiger partial charge in [0.15, 0.2) is 10.8 Å². The van der Waals surface area contributed by atoms with Crippen LogP contribution in [0.1, 0.15) is 5.69 Å². The number of hydrogen-bond donors (Lipinski definition) is 1. The molecule has 0 fully saturated rings. The van der Waals surface area contributed by atoms with Gasteiger partial charge in [-0.2, -0.15) is 5.10 Å². The second kappa shape index (κ2) is 5.65. The summed E-state index contributed by atoms with van der Waals surface area (Å²) in [5, 5.41) is 8.89. The molecule has 1 N–H and O–H groups in total. The first kappa shape index (κ1) is 13.6. The molecule has 0 aliphatic rings. The van der Waals surface area contributed by atoms with Crippen molar-refractivity contribution in [3.05, 3.63) is 60.3 Å². The Morgan fingerprint density at radius 1 is 1.30 bits per heavy atom. The molecule has 114 valence electrons. The first-order chi connectivity index (χ1) is 11.3. The number of hydrogen-bond acceptors (Lipinski definition) is 5. The molecule has 0 spiro atoms. The number of pyridine rings is 1. The van der Waals surface area contributed by atoms with Gasteiger partial charge in [0.25, 0.3) is 0 Å². The normalized spacial score (nSPS) is 11.0. The molecule has 7 nitrogen and oxygen atoms in total. The highest BCUT2D eigenvalue weighted by molar-refractivity contribution is 7.15. The van der Waals surface area contributed by atoms with Crippen molar-refractivity contribution in [3.63, 3.8) is 0 Å². The van der Waals surface area contributed by atoms with E-state index in [9.17, 15) is 4.79 Å². The summed E-state index contributed by atoms with van der Waals surface area (Å²) < 4.78 is 3.57. The second-order valence-corrected chi connectivity index (χ2v) is 5.78. The Kier molecular flexibility index (Phi) is 3.35. The molecule has 4 heterocycles. The lowest BCUT2D eigenvalue weighted by molar-refractivity contribution is -0.115. The van der Waals surface area contributed by atoms with E-state index in [0.29, 0.717) is 11.5 Å². The standard InChI is InChI=1S/C15H12N6OS/c22-14(8-12-10-20-6-7-23-15(20)19-12)18-11-2-3-13(16-9-11)21-5-1-4-17-21/h1-7,9-10H,8H2,(H,18,22). The van der Waals surface area contributed by atoms with E-state index in [4.69, 9.17) is 0 Å². The summed E-state index contributed by atoms with van der Waals surface area (Å²) in [5.41, 5.74) is 1.39. The lowest BCUT2D eigenvalue weighted by atomic mass is 10.3. The predicted octanol–water partition coefficient (Wildman–Crippen LogP) is 2.16. The van der Waals surface area contributed by atoms with Crippen molar-refractivity contribution in [2.24, 2.45) is 0 Å². The van der Waals surface area contributed by atoms with Crippen LogP contribution >= 0.6 is 11.3 Å². The third-order valence-corrected chi connectivity index (χ3v) is 4.03. The number of fused-ring (bicyclic) bond motifs is 1. The summed E-state index contributed by atoms with van der Waals surface area (Å²) in [6.07, 6.45) is 9.13. The number of anilines is 1. The zero-order valence-corrected chi connectivity index (χ0v) is 12.8. The molecule has 0 saturated carbocycles. The first-order valence-electron chi connectivity index (χ1n) is 6.95. The summed E-state index contributed by atoms with van der Waals surface area (Å²) in [5.74, 6) is 0.576. The van der Waals surface area contributed by atoms with E-state index in [1.54, 1.807) is 40.5 Å². The maximum atomic E-state index is 12.1. The first-order valence-corrected chi connectivity index (χ1v) is 7.83. The van der Waals surface area contributed by atoms with E-state index in [2.05, 4.69) is 20.4 Å². The van der Waals surface area contributed by atoms with Gasteiger partial charge in [-0.25, -0.2) is 14.6 Å². The van der Waals surface area contributed by atoms with Crippen LogP contribution in [0.3, 0.4) is 0 Å². The summed E-state index contributed by atoms with van der Waals surface area (Å²) in [6, 6.07) is 5.43. The van der Waals surface area contributed by atoms with E-state index < -0.39 is 0 Å². The minimum Gasteiger partial charge on any atom is -0.324 e. The average molecular weight is 324 g/mol. The monoisotopic (exact) mass is 324 g/mol. The van der Waals surface area contributed by atoms with Crippen molar-refractivity contribution in [2.45, 2.75) is 6.42 Å². The predicted molar refractivity (Wildman–Crippen MR) is 86.8 cm³/mol. The zero-order valence-electron chi connectivity index (χ0n) is 12.0. The molecule has 8 heteroatoms.